The van der Waals surface area contributed by atoms with Crippen molar-refractivity contribution in [1.29, 1.82) is 0 Å². The number of ether oxygens (including phenoxy) is 3. The minimum Gasteiger partial charge on any atom is -0.456 e. The van der Waals surface area contributed by atoms with Gasteiger partial charge in [0, 0.05) is 10.7 Å². The number of halogens is 2. The number of hydrogen-bond acceptors (Lipinski definition) is 8. The number of pyridine rings is 2. The van der Waals surface area contributed by atoms with Gasteiger partial charge in [0.25, 0.3) is 6.01 Å². The van der Waals surface area contributed by atoms with Crippen LogP contribution in [-0.2, 0) is 15.9 Å². The molecule has 0 saturated carbocycles. The van der Waals surface area contributed by atoms with Crippen LogP contribution >= 0.6 is 27.5 Å². The lowest BCUT2D eigenvalue weighted by Crippen LogP contribution is -2.34. The summed E-state index contributed by atoms with van der Waals surface area (Å²) in [6.07, 6.45) is 2.02. The maximum absolute atomic E-state index is 9.88. The number of aromatic nitrogens is 4. The zero-order valence-electron chi connectivity index (χ0n) is 16.2. The van der Waals surface area contributed by atoms with Gasteiger partial charge in [-0.15, -0.1) is 0 Å². The number of aliphatic hydroxyl groups excluding tert-OH is 1. The molecule has 3 aliphatic rings. The number of nitrogens with zero attached hydrogens (tertiary/aromatic N) is 3. The first-order valence-corrected chi connectivity index (χ1v) is 11.3. The first kappa shape index (κ1) is 19.7. The number of hydrogen-bond donors (Lipinski definition) is 3. The molecule has 0 bridgehead atoms. The summed E-state index contributed by atoms with van der Waals surface area (Å²) in [5.74, 6) is 0.557. The average Bonchev–Trinajstić information content (AvgIpc) is 3.49. The summed E-state index contributed by atoms with van der Waals surface area (Å²) in [5, 5.41) is 13.8. The van der Waals surface area contributed by atoms with Crippen LogP contribution in [0.1, 0.15) is 23.7 Å². The van der Waals surface area contributed by atoms with Crippen molar-refractivity contribution in [3.63, 3.8) is 0 Å². The molecule has 0 aromatic carbocycles. The third-order valence-electron chi connectivity index (χ3n) is 5.96. The molecular formula is C20H19BrClN5O4. The van der Waals surface area contributed by atoms with Gasteiger partial charge in [-0.25, -0.2) is 4.98 Å². The van der Waals surface area contributed by atoms with Crippen molar-refractivity contribution >= 4 is 44.5 Å². The van der Waals surface area contributed by atoms with Crippen LogP contribution in [0.15, 0.2) is 22.8 Å². The van der Waals surface area contributed by atoms with E-state index in [0.717, 1.165) is 23.0 Å². The Morgan fingerprint density at radius 3 is 3.00 bits per heavy atom. The Balaban J connectivity index is 1.22. The minimum absolute atomic E-state index is 0.0405. The third kappa shape index (κ3) is 3.46. The van der Waals surface area contributed by atoms with Crippen LogP contribution in [0.5, 0.6) is 6.01 Å². The molecule has 0 spiro atoms. The first-order chi connectivity index (χ1) is 15.0. The van der Waals surface area contributed by atoms with E-state index in [0.29, 0.717) is 34.6 Å². The summed E-state index contributed by atoms with van der Waals surface area (Å²) >= 11 is 9.97. The van der Waals surface area contributed by atoms with E-state index in [1.165, 1.54) is 5.56 Å². The number of aromatic amines is 1. The molecule has 9 nitrogen and oxygen atoms in total. The Morgan fingerprint density at radius 2 is 2.10 bits per heavy atom. The fourth-order valence-electron chi connectivity index (χ4n) is 4.49. The van der Waals surface area contributed by atoms with Crippen molar-refractivity contribution in [2.75, 3.05) is 18.5 Å². The van der Waals surface area contributed by atoms with Gasteiger partial charge in [0.05, 0.1) is 35.5 Å². The van der Waals surface area contributed by atoms with Gasteiger partial charge in [-0.3, -0.25) is 4.98 Å². The molecule has 3 N–H and O–H groups in total. The van der Waals surface area contributed by atoms with E-state index in [2.05, 4.69) is 47.2 Å². The molecule has 6 rings (SSSR count). The summed E-state index contributed by atoms with van der Waals surface area (Å²) in [5.41, 5.74) is 3.40. The SMILES string of the molecule is O[C@@H]1CO[C@H]2C1OC[C@H]2Oc1nc2nc(NC3CCc4cc(Br)cnc43)c(Cl)cc2[nH]1. The molecule has 1 aliphatic carbocycles. The molecule has 162 valence electrons. The summed E-state index contributed by atoms with van der Waals surface area (Å²) in [7, 11) is 0. The second kappa shape index (κ2) is 7.56. The lowest BCUT2D eigenvalue weighted by atomic mass is 10.1. The number of anilines is 1. The highest BCUT2D eigenvalue weighted by Gasteiger charge is 2.48. The van der Waals surface area contributed by atoms with Gasteiger partial charge < -0.3 is 29.6 Å². The molecule has 11 heteroatoms. The van der Waals surface area contributed by atoms with E-state index >= 15 is 0 Å². The van der Waals surface area contributed by atoms with Gasteiger partial charge in [0.1, 0.15) is 24.1 Å². The zero-order chi connectivity index (χ0) is 21.1. The summed E-state index contributed by atoms with van der Waals surface area (Å²) < 4.78 is 18.1. The topological polar surface area (TPSA) is 114 Å². The van der Waals surface area contributed by atoms with Crippen LogP contribution < -0.4 is 10.1 Å². The Morgan fingerprint density at radius 1 is 1.23 bits per heavy atom. The molecule has 5 atom stereocenters. The highest BCUT2D eigenvalue weighted by Crippen LogP contribution is 2.36. The van der Waals surface area contributed by atoms with Crippen molar-refractivity contribution in [3.8, 4) is 6.01 Å². The number of aryl methyl sites for hydroxylation is 1. The van der Waals surface area contributed by atoms with Crippen LogP contribution in [0.2, 0.25) is 5.02 Å². The molecule has 2 fully saturated rings. The number of imidazole rings is 1. The fourth-order valence-corrected chi connectivity index (χ4v) is 5.07. The molecule has 0 amide bonds. The minimum atomic E-state index is -0.625. The monoisotopic (exact) mass is 507 g/mol. The van der Waals surface area contributed by atoms with Crippen LogP contribution in [-0.4, -0.2) is 62.7 Å². The molecule has 2 saturated heterocycles. The van der Waals surface area contributed by atoms with Crippen molar-refractivity contribution in [2.45, 2.75) is 43.3 Å². The van der Waals surface area contributed by atoms with Gasteiger partial charge in [-0.2, -0.15) is 4.98 Å². The van der Waals surface area contributed by atoms with Crippen LogP contribution in [0.3, 0.4) is 0 Å². The van der Waals surface area contributed by atoms with Crippen LogP contribution in [0.25, 0.3) is 11.2 Å². The third-order valence-corrected chi connectivity index (χ3v) is 6.68. The lowest BCUT2D eigenvalue weighted by Gasteiger charge is -2.15. The predicted octanol–water partition coefficient (Wildman–Crippen LogP) is 2.77. The maximum atomic E-state index is 9.88. The van der Waals surface area contributed by atoms with Gasteiger partial charge >= 0.3 is 0 Å². The predicted molar refractivity (Wildman–Crippen MR) is 115 cm³/mol. The average molecular weight is 509 g/mol. The molecule has 5 heterocycles. The van der Waals surface area contributed by atoms with Gasteiger partial charge in [-0.1, -0.05) is 11.6 Å². The van der Waals surface area contributed by atoms with Gasteiger partial charge in [0.2, 0.25) is 0 Å². The van der Waals surface area contributed by atoms with E-state index in [-0.39, 0.29) is 31.0 Å². The second-order valence-electron chi connectivity index (χ2n) is 7.98. The first-order valence-electron chi connectivity index (χ1n) is 10.1. The molecule has 2 aliphatic heterocycles. The quantitative estimate of drug-likeness (QED) is 0.493. The highest BCUT2D eigenvalue weighted by molar-refractivity contribution is 9.10. The van der Waals surface area contributed by atoms with Crippen molar-refractivity contribution in [1.82, 2.24) is 19.9 Å². The van der Waals surface area contributed by atoms with E-state index in [1.807, 2.05) is 0 Å². The lowest BCUT2D eigenvalue weighted by molar-refractivity contribution is 0.00706. The van der Waals surface area contributed by atoms with Gasteiger partial charge in [0.15, 0.2) is 11.8 Å². The number of fused-ring (bicyclic) bond motifs is 3. The van der Waals surface area contributed by atoms with Crippen molar-refractivity contribution < 1.29 is 19.3 Å². The standard InChI is InChI=1S/C20H19BrClN5O4/c21-9-3-8-1-2-11(15(8)23-5-9)24-18-10(22)4-12-19(26-18)27-20(25-12)31-14-7-30-16-13(28)6-29-17(14)16/h3-5,11,13-14,16-17,28H,1-2,6-7H2,(H2,24,25,26,27)/t11?,13-,14-,16?,17-/m1/s1. The van der Waals surface area contributed by atoms with E-state index in [1.54, 1.807) is 12.3 Å². The normalized spacial score (nSPS) is 29.3. The Labute approximate surface area is 190 Å². The molecule has 3 aromatic heterocycles. The summed E-state index contributed by atoms with van der Waals surface area (Å²) in [6, 6.07) is 4.23. The van der Waals surface area contributed by atoms with Gasteiger partial charge in [-0.05, 0) is 46.5 Å². The van der Waals surface area contributed by atoms with Crippen LogP contribution in [0, 0.1) is 0 Å². The molecule has 31 heavy (non-hydrogen) atoms. The summed E-state index contributed by atoms with van der Waals surface area (Å²) in [6.45, 7) is 0.576. The number of nitrogens with one attached hydrogen (secondary N) is 2. The Hall–Kier alpha value is -1.98. The largest absolute Gasteiger partial charge is 0.456 e. The zero-order valence-corrected chi connectivity index (χ0v) is 18.6. The Kier molecular flexibility index (Phi) is 4.80. The highest BCUT2D eigenvalue weighted by atomic mass is 79.9. The molecular weight excluding hydrogens is 490 g/mol. The maximum Gasteiger partial charge on any atom is 0.296 e. The fraction of sp³-hybridized carbons (Fsp3) is 0.450. The second-order valence-corrected chi connectivity index (χ2v) is 9.31. The number of aliphatic hydroxyl groups is 1. The molecule has 3 aromatic rings. The van der Waals surface area contributed by atoms with Crippen molar-refractivity contribution in [2.24, 2.45) is 0 Å². The van der Waals surface area contributed by atoms with Crippen LogP contribution in [0.4, 0.5) is 5.82 Å². The van der Waals surface area contributed by atoms with E-state index < -0.39 is 6.10 Å². The summed E-state index contributed by atoms with van der Waals surface area (Å²) in [4.78, 5) is 16.7. The van der Waals surface area contributed by atoms with Crippen molar-refractivity contribution in [3.05, 3.63) is 39.1 Å². The van der Waals surface area contributed by atoms with E-state index in [9.17, 15) is 5.11 Å². The smallest absolute Gasteiger partial charge is 0.296 e. The number of H-pyrrole nitrogens is 1. The number of rotatable bonds is 4. The molecule has 0 radical (unpaired) electrons. The van der Waals surface area contributed by atoms with E-state index in [4.69, 9.17) is 25.8 Å². The Bertz CT molecular complexity index is 1160. The molecule has 2 unspecified atom stereocenters.